The molecular weight excluding hydrogens is 272 g/mol. The average molecular weight is 289 g/mol. The number of rotatable bonds is 2. The fraction of sp³-hybridized carbons (Fsp3) is 0.500. The third kappa shape index (κ3) is 2.14. The van der Waals surface area contributed by atoms with Crippen LogP contribution in [-0.2, 0) is 12.8 Å². The molecule has 1 aliphatic rings. The molecular formula is C12H16S4. The Morgan fingerprint density at radius 3 is 1.56 bits per heavy atom. The summed E-state index contributed by atoms with van der Waals surface area (Å²) in [6, 6.07) is 0. The van der Waals surface area contributed by atoms with Gasteiger partial charge in [-0.05, 0) is 24.0 Å². The van der Waals surface area contributed by atoms with E-state index >= 15 is 0 Å². The Kier molecular flexibility index (Phi) is 4.50. The SMILES string of the molecule is CCc1c(S)c(S)c(CC)c2c1SCCS2. The monoisotopic (exact) mass is 288 g/mol. The van der Waals surface area contributed by atoms with Gasteiger partial charge >= 0.3 is 0 Å². The first kappa shape index (κ1) is 13.1. The maximum Gasteiger partial charge on any atom is 0.0255 e. The molecule has 1 aliphatic heterocycles. The van der Waals surface area contributed by atoms with Gasteiger partial charge < -0.3 is 0 Å². The molecule has 1 aromatic carbocycles. The van der Waals surface area contributed by atoms with Crippen molar-refractivity contribution in [3.63, 3.8) is 0 Å². The molecule has 1 heterocycles. The minimum atomic E-state index is 1.05. The average Bonchev–Trinajstić information content (AvgIpc) is 2.31. The standard InChI is InChI=1S/C12H16S4/c1-3-7-9(13)10(14)8(4-2)12-11(7)15-5-6-16-12/h13-14H,3-6H2,1-2H3. The quantitative estimate of drug-likeness (QED) is 0.764. The van der Waals surface area contributed by atoms with Gasteiger partial charge in [0.25, 0.3) is 0 Å². The molecule has 0 N–H and O–H groups in total. The molecule has 0 nitrogen and oxygen atoms in total. The number of thioether (sulfide) groups is 2. The van der Waals surface area contributed by atoms with Crippen LogP contribution >= 0.6 is 48.8 Å². The summed E-state index contributed by atoms with van der Waals surface area (Å²) in [4.78, 5) is 5.13. The van der Waals surface area contributed by atoms with E-state index in [-0.39, 0.29) is 0 Å². The van der Waals surface area contributed by atoms with Crippen LogP contribution in [0.25, 0.3) is 0 Å². The van der Waals surface area contributed by atoms with Crippen LogP contribution in [0.1, 0.15) is 25.0 Å². The zero-order chi connectivity index (χ0) is 11.7. The van der Waals surface area contributed by atoms with Crippen molar-refractivity contribution >= 4 is 48.8 Å². The normalized spacial score (nSPS) is 15.0. The molecule has 88 valence electrons. The number of fused-ring (bicyclic) bond motifs is 1. The van der Waals surface area contributed by atoms with Crippen molar-refractivity contribution in [2.24, 2.45) is 0 Å². The molecule has 0 fully saturated rings. The van der Waals surface area contributed by atoms with E-state index in [4.69, 9.17) is 0 Å². The number of benzene rings is 1. The van der Waals surface area contributed by atoms with Crippen LogP contribution in [0.5, 0.6) is 0 Å². The highest BCUT2D eigenvalue weighted by atomic mass is 32.2. The van der Waals surface area contributed by atoms with Crippen molar-refractivity contribution in [2.75, 3.05) is 11.5 Å². The summed E-state index contributed by atoms with van der Waals surface area (Å²) in [5.41, 5.74) is 2.77. The van der Waals surface area contributed by atoms with Crippen molar-refractivity contribution in [1.82, 2.24) is 0 Å². The number of hydrogen-bond acceptors (Lipinski definition) is 4. The lowest BCUT2D eigenvalue weighted by Crippen LogP contribution is -2.04. The van der Waals surface area contributed by atoms with E-state index in [1.807, 2.05) is 23.5 Å². The van der Waals surface area contributed by atoms with Crippen LogP contribution in [-0.4, -0.2) is 11.5 Å². The fourth-order valence-electron chi connectivity index (χ4n) is 2.02. The molecule has 0 saturated heterocycles. The van der Waals surface area contributed by atoms with Gasteiger partial charge in [0.15, 0.2) is 0 Å². The molecule has 0 spiro atoms. The summed E-state index contributed by atoms with van der Waals surface area (Å²) in [5.74, 6) is 2.43. The highest BCUT2D eigenvalue weighted by Gasteiger charge is 2.22. The van der Waals surface area contributed by atoms with E-state index in [1.54, 1.807) is 0 Å². The minimum Gasteiger partial charge on any atom is -0.142 e. The summed E-state index contributed by atoms with van der Waals surface area (Å²) >= 11 is 13.3. The number of hydrogen-bond donors (Lipinski definition) is 2. The van der Waals surface area contributed by atoms with Crippen LogP contribution in [0.2, 0.25) is 0 Å². The summed E-state index contributed by atoms with van der Waals surface area (Å²) in [7, 11) is 0. The largest absolute Gasteiger partial charge is 0.142 e. The van der Waals surface area contributed by atoms with Crippen molar-refractivity contribution in [2.45, 2.75) is 46.3 Å². The van der Waals surface area contributed by atoms with Crippen LogP contribution in [0.3, 0.4) is 0 Å². The lowest BCUT2D eigenvalue weighted by Gasteiger charge is -2.24. The Labute approximate surface area is 117 Å². The molecule has 0 aliphatic carbocycles. The van der Waals surface area contributed by atoms with Gasteiger partial charge in [0.2, 0.25) is 0 Å². The van der Waals surface area contributed by atoms with Crippen LogP contribution in [0.4, 0.5) is 0 Å². The Morgan fingerprint density at radius 2 is 1.25 bits per heavy atom. The maximum absolute atomic E-state index is 4.65. The summed E-state index contributed by atoms with van der Waals surface area (Å²) < 4.78 is 0. The Morgan fingerprint density at radius 1 is 0.875 bits per heavy atom. The molecule has 0 atom stereocenters. The summed E-state index contributed by atoms with van der Waals surface area (Å²) in [6.07, 6.45) is 2.10. The third-order valence-corrected chi connectivity index (χ3v) is 6.68. The highest BCUT2D eigenvalue weighted by Crippen LogP contribution is 2.46. The second-order valence-corrected chi connectivity index (χ2v) is 6.82. The lowest BCUT2D eigenvalue weighted by molar-refractivity contribution is 0.876. The van der Waals surface area contributed by atoms with E-state index in [1.165, 1.54) is 32.4 Å². The van der Waals surface area contributed by atoms with Gasteiger partial charge in [-0.1, -0.05) is 13.8 Å². The van der Waals surface area contributed by atoms with Gasteiger partial charge in [-0.3, -0.25) is 0 Å². The molecule has 0 radical (unpaired) electrons. The molecule has 4 heteroatoms. The molecule has 2 rings (SSSR count). The first-order valence-electron chi connectivity index (χ1n) is 5.55. The van der Waals surface area contributed by atoms with E-state index in [0.29, 0.717) is 0 Å². The van der Waals surface area contributed by atoms with Crippen molar-refractivity contribution in [1.29, 1.82) is 0 Å². The van der Waals surface area contributed by atoms with Crippen molar-refractivity contribution in [3.8, 4) is 0 Å². The van der Waals surface area contributed by atoms with E-state index < -0.39 is 0 Å². The molecule has 0 bridgehead atoms. The van der Waals surface area contributed by atoms with E-state index in [0.717, 1.165) is 22.6 Å². The van der Waals surface area contributed by atoms with Crippen LogP contribution in [0.15, 0.2) is 19.6 Å². The zero-order valence-electron chi connectivity index (χ0n) is 9.54. The third-order valence-electron chi connectivity index (χ3n) is 2.83. The number of thiol groups is 2. The first-order chi connectivity index (χ1) is 7.70. The minimum absolute atomic E-state index is 1.05. The second kappa shape index (κ2) is 5.51. The molecule has 0 unspecified atom stereocenters. The molecule has 0 saturated carbocycles. The highest BCUT2D eigenvalue weighted by molar-refractivity contribution is 8.05. The molecule has 0 aromatic heterocycles. The van der Waals surface area contributed by atoms with E-state index in [9.17, 15) is 0 Å². The molecule has 16 heavy (non-hydrogen) atoms. The van der Waals surface area contributed by atoms with Crippen molar-refractivity contribution < 1.29 is 0 Å². The fourth-order valence-corrected chi connectivity index (χ4v) is 5.76. The topological polar surface area (TPSA) is 0 Å². The second-order valence-electron chi connectivity index (χ2n) is 3.72. The molecule has 1 aromatic rings. The predicted molar refractivity (Wildman–Crippen MR) is 81.2 cm³/mol. The molecule has 0 amide bonds. The zero-order valence-corrected chi connectivity index (χ0v) is 13.0. The maximum atomic E-state index is 4.65. The Balaban J connectivity index is 2.70. The van der Waals surface area contributed by atoms with Crippen LogP contribution in [0, 0.1) is 0 Å². The van der Waals surface area contributed by atoms with Gasteiger partial charge in [0.05, 0.1) is 0 Å². The predicted octanol–water partition coefficient (Wildman–Crippen LogP) is 4.59. The van der Waals surface area contributed by atoms with Gasteiger partial charge in [0.1, 0.15) is 0 Å². The summed E-state index contributed by atoms with van der Waals surface area (Å²) in [6.45, 7) is 4.40. The van der Waals surface area contributed by atoms with Gasteiger partial charge in [-0.25, -0.2) is 0 Å². The summed E-state index contributed by atoms with van der Waals surface area (Å²) in [5, 5.41) is 0. The van der Waals surface area contributed by atoms with Gasteiger partial charge in [-0.2, -0.15) is 0 Å². The van der Waals surface area contributed by atoms with Crippen molar-refractivity contribution in [3.05, 3.63) is 11.1 Å². The smallest absolute Gasteiger partial charge is 0.0255 e. The first-order valence-corrected chi connectivity index (χ1v) is 8.42. The Bertz CT molecular complexity index is 373. The van der Waals surface area contributed by atoms with E-state index in [2.05, 4.69) is 39.1 Å². The van der Waals surface area contributed by atoms with Gasteiger partial charge in [0, 0.05) is 31.1 Å². The van der Waals surface area contributed by atoms with Gasteiger partial charge in [-0.15, -0.1) is 48.8 Å². The lowest BCUT2D eigenvalue weighted by atomic mass is 10.1. The Hall–Kier alpha value is 0.620. The van der Waals surface area contributed by atoms with Crippen LogP contribution < -0.4 is 0 Å².